The predicted molar refractivity (Wildman–Crippen MR) is 130 cm³/mol. The van der Waals surface area contributed by atoms with Gasteiger partial charge in [0.2, 0.25) is 20.0 Å². The molecule has 1 atom stereocenters. The van der Waals surface area contributed by atoms with Crippen LogP contribution in [0.15, 0.2) is 47.4 Å². The number of halogens is 2. The largest absolute Gasteiger partial charge is 0.268 e. The summed E-state index contributed by atoms with van der Waals surface area (Å²) in [5.41, 5.74) is 1.44. The zero-order chi connectivity index (χ0) is 25.8. The lowest BCUT2D eigenvalue weighted by atomic mass is 10.0. The van der Waals surface area contributed by atoms with Gasteiger partial charge in [-0.25, -0.2) is 35.3 Å². The second-order valence-corrected chi connectivity index (χ2v) is 13.0. The van der Waals surface area contributed by atoms with E-state index in [4.69, 9.17) is 0 Å². The molecule has 1 aromatic heterocycles. The lowest BCUT2D eigenvalue weighted by Gasteiger charge is -2.16. The third-order valence-electron chi connectivity index (χ3n) is 6.42. The number of alkyl halides is 1. The topological polar surface area (TPSA) is 114 Å². The Morgan fingerprint density at radius 1 is 1.06 bits per heavy atom. The minimum atomic E-state index is -4.03. The molecule has 3 aromatic rings. The molecule has 1 saturated carbocycles. The van der Waals surface area contributed by atoms with Crippen LogP contribution >= 0.6 is 0 Å². The first-order valence-corrected chi connectivity index (χ1v) is 14.4. The summed E-state index contributed by atoms with van der Waals surface area (Å²) >= 11 is 0. The van der Waals surface area contributed by atoms with Gasteiger partial charge >= 0.3 is 0 Å². The van der Waals surface area contributed by atoms with Crippen molar-refractivity contribution in [3.8, 4) is 11.3 Å². The fourth-order valence-electron chi connectivity index (χ4n) is 4.25. The lowest BCUT2D eigenvalue weighted by molar-refractivity contribution is 0.0981. The van der Waals surface area contributed by atoms with E-state index in [1.807, 2.05) is 0 Å². The first-order valence-electron chi connectivity index (χ1n) is 11.4. The van der Waals surface area contributed by atoms with E-state index in [1.165, 1.54) is 24.3 Å². The normalized spacial score (nSPS) is 19.0. The van der Waals surface area contributed by atoms with Gasteiger partial charge in [-0.2, -0.15) is 4.31 Å². The molecule has 12 heteroatoms. The highest BCUT2D eigenvalue weighted by atomic mass is 32.2. The Hall–Kier alpha value is -2.96. The molecule has 1 aliphatic carbocycles. The van der Waals surface area contributed by atoms with Crippen LogP contribution in [0.4, 0.5) is 8.78 Å². The maximum atomic E-state index is 15.1. The number of hydrogen-bond acceptors (Lipinski definition) is 6. The molecule has 1 N–H and O–H groups in total. The third-order valence-corrected chi connectivity index (χ3v) is 10.1. The summed E-state index contributed by atoms with van der Waals surface area (Å²) < 4.78 is 81.4. The van der Waals surface area contributed by atoms with Crippen LogP contribution in [0.3, 0.4) is 0 Å². The number of nitrogens with one attached hydrogen (secondary N) is 1. The first-order chi connectivity index (χ1) is 17.0. The van der Waals surface area contributed by atoms with Gasteiger partial charge in [0.05, 0.1) is 21.4 Å². The number of amides is 1. The molecule has 8 nitrogen and oxygen atoms in total. The van der Waals surface area contributed by atoms with E-state index in [-0.39, 0.29) is 41.2 Å². The number of sulfonamides is 2. The summed E-state index contributed by atoms with van der Waals surface area (Å²) in [5.74, 6) is -1.59. The number of fused-ring (bicyclic) bond motifs is 1. The summed E-state index contributed by atoms with van der Waals surface area (Å²) in [6.45, 7) is 1.56. The number of aryl methyl sites for hydroxylation is 1. The molecule has 190 valence electrons. The molecular formula is C24H23F2N3O5S2. The Labute approximate surface area is 207 Å². The van der Waals surface area contributed by atoms with Crippen LogP contribution in [0.2, 0.25) is 0 Å². The van der Waals surface area contributed by atoms with Crippen LogP contribution in [0, 0.1) is 12.7 Å². The van der Waals surface area contributed by atoms with Crippen molar-refractivity contribution in [2.24, 2.45) is 0 Å². The van der Waals surface area contributed by atoms with Crippen LogP contribution < -0.4 is 4.72 Å². The quantitative estimate of drug-likeness (QED) is 0.518. The van der Waals surface area contributed by atoms with Crippen molar-refractivity contribution in [2.75, 3.05) is 13.1 Å². The Balaban J connectivity index is 1.48. The molecular weight excluding hydrogens is 512 g/mol. The minimum Gasteiger partial charge on any atom is -0.268 e. The fraction of sp³-hybridized carbons (Fsp3) is 0.333. The van der Waals surface area contributed by atoms with Crippen molar-refractivity contribution < 1.29 is 30.4 Å². The lowest BCUT2D eigenvalue weighted by Crippen LogP contribution is -2.33. The van der Waals surface area contributed by atoms with E-state index in [0.29, 0.717) is 23.7 Å². The van der Waals surface area contributed by atoms with Gasteiger partial charge in [0, 0.05) is 29.6 Å². The second kappa shape index (κ2) is 8.86. The highest BCUT2D eigenvalue weighted by molar-refractivity contribution is 7.91. The molecule has 1 amide bonds. The SMILES string of the molecule is Cc1cc(-c2ccc(S(=O)(=O)N3CC[C@H](F)C3)cc2F)nc2cc(C(=O)NS(=O)(=O)C3CC3)ccc12. The molecule has 5 rings (SSSR count). The summed E-state index contributed by atoms with van der Waals surface area (Å²) in [4.78, 5) is 16.7. The first kappa shape index (κ1) is 24.7. The predicted octanol–water partition coefficient (Wildman–Crippen LogP) is 3.30. The monoisotopic (exact) mass is 535 g/mol. The molecule has 36 heavy (non-hydrogen) atoms. The maximum Gasteiger partial charge on any atom is 0.264 e. The summed E-state index contributed by atoms with van der Waals surface area (Å²) in [6.07, 6.45) is -0.101. The van der Waals surface area contributed by atoms with E-state index < -0.39 is 43.2 Å². The minimum absolute atomic E-state index is 0.0379. The van der Waals surface area contributed by atoms with Crippen molar-refractivity contribution in [2.45, 2.75) is 42.5 Å². The number of carbonyl (C=O) groups excluding carboxylic acids is 1. The fourth-order valence-corrected chi connectivity index (χ4v) is 7.04. The zero-order valence-corrected chi connectivity index (χ0v) is 20.9. The molecule has 1 saturated heterocycles. The number of rotatable bonds is 6. The number of pyridine rings is 1. The van der Waals surface area contributed by atoms with Crippen LogP contribution in [-0.2, 0) is 20.0 Å². The van der Waals surface area contributed by atoms with Gasteiger partial charge in [-0.15, -0.1) is 0 Å². The van der Waals surface area contributed by atoms with Crippen molar-refractivity contribution in [1.82, 2.24) is 14.0 Å². The highest BCUT2D eigenvalue weighted by Gasteiger charge is 2.37. The van der Waals surface area contributed by atoms with Crippen molar-refractivity contribution in [3.05, 3.63) is 59.4 Å². The number of hydrogen-bond donors (Lipinski definition) is 1. The van der Waals surface area contributed by atoms with Crippen molar-refractivity contribution in [1.29, 1.82) is 0 Å². The van der Waals surface area contributed by atoms with Gasteiger partial charge in [0.25, 0.3) is 5.91 Å². The summed E-state index contributed by atoms with van der Waals surface area (Å²) in [7, 11) is -7.75. The van der Waals surface area contributed by atoms with Crippen LogP contribution in [-0.4, -0.2) is 56.5 Å². The van der Waals surface area contributed by atoms with Crippen LogP contribution in [0.25, 0.3) is 22.2 Å². The third kappa shape index (κ3) is 4.60. The van der Waals surface area contributed by atoms with Crippen molar-refractivity contribution >= 4 is 36.9 Å². The van der Waals surface area contributed by atoms with Gasteiger partial charge < -0.3 is 0 Å². The van der Waals surface area contributed by atoms with Gasteiger partial charge in [-0.1, -0.05) is 6.07 Å². The van der Waals surface area contributed by atoms with Gasteiger partial charge in [-0.3, -0.25) is 4.79 Å². The molecule has 2 fully saturated rings. The van der Waals surface area contributed by atoms with E-state index in [2.05, 4.69) is 9.71 Å². The smallest absolute Gasteiger partial charge is 0.264 e. The van der Waals surface area contributed by atoms with Crippen LogP contribution in [0.5, 0.6) is 0 Å². The summed E-state index contributed by atoms with van der Waals surface area (Å²) in [5, 5.41) is 0.141. The zero-order valence-electron chi connectivity index (χ0n) is 19.2. The Kier molecular flexibility index (Phi) is 6.08. The molecule has 0 radical (unpaired) electrons. The van der Waals surface area contributed by atoms with E-state index in [9.17, 15) is 26.0 Å². The Morgan fingerprint density at radius 2 is 1.81 bits per heavy atom. The molecule has 2 aliphatic rings. The average Bonchev–Trinajstić information content (AvgIpc) is 3.59. The van der Waals surface area contributed by atoms with Gasteiger partial charge in [0.1, 0.15) is 12.0 Å². The van der Waals surface area contributed by atoms with Gasteiger partial charge in [-0.05, 0) is 68.1 Å². The summed E-state index contributed by atoms with van der Waals surface area (Å²) in [6, 6.07) is 9.66. The second-order valence-electron chi connectivity index (χ2n) is 9.12. The molecule has 0 unspecified atom stereocenters. The molecule has 0 spiro atoms. The Morgan fingerprint density at radius 3 is 2.44 bits per heavy atom. The van der Waals surface area contributed by atoms with Gasteiger partial charge in [0.15, 0.2) is 0 Å². The standard InChI is InChI=1S/C24H23F2N3O5S2/c1-14-10-22(20-7-5-18(12-21(20)26)36(33,34)29-9-8-16(25)13-29)27-23-11-15(2-6-19(14)23)24(30)28-35(31,32)17-3-4-17/h2,5-7,10-12,16-17H,3-4,8-9,13H2,1H3,(H,28,30)/t16-/m0/s1. The Bertz CT molecular complexity index is 1610. The molecule has 2 aromatic carbocycles. The van der Waals surface area contributed by atoms with E-state index in [0.717, 1.165) is 15.9 Å². The maximum absolute atomic E-state index is 15.1. The number of carbonyl (C=O) groups is 1. The number of aromatic nitrogens is 1. The number of nitrogens with zero attached hydrogens (tertiary/aromatic N) is 2. The number of benzene rings is 2. The molecule has 1 aliphatic heterocycles. The molecule has 0 bridgehead atoms. The van der Waals surface area contributed by atoms with E-state index in [1.54, 1.807) is 19.1 Å². The van der Waals surface area contributed by atoms with Crippen molar-refractivity contribution in [3.63, 3.8) is 0 Å². The van der Waals surface area contributed by atoms with Crippen LogP contribution in [0.1, 0.15) is 35.2 Å². The molecule has 2 heterocycles. The average molecular weight is 536 g/mol. The highest BCUT2D eigenvalue weighted by Crippen LogP contribution is 2.31. The van der Waals surface area contributed by atoms with E-state index >= 15 is 4.39 Å².